The number of benzene rings is 2. The van der Waals surface area contributed by atoms with Gasteiger partial charge >= 0.3 is 0 Å². The zero-order chi connectivity index (χ0) is 16.9. The predicted molar refractivity (Wildman–Crippen MR) is 90.6 cm³/mol. The minimum Gasteiger partial charge on any atom is -0.454 e. The average molecular weight is 337 g/mol. The lowest BCUT2D eigenvalue weighted by molar-refractivity contribution is -0.0741. The lowest BCUT2D eigenvalue weighted by Gasteiger charge is -2.39. The lowest BCUT2D eigenvalue weighted by Crippen LogP contribution is -2.45. The van der Waals surface area contributed by atoms with Crippen LogP contribution in [0.25, 0.3) is 0 Å². The molecule has 0 radical (unpaired) electrons. The molecule has 25 heavy (non-hydrogen) atoms. The number of amides is 1. The normalized spacial score (nSPS) is 19.9. The molecule has 5 nitrogen and oxygen atoms in total. The van der Waals surface area contributed by atoms with Gasteiger partial charge < -0.3 is 19.1 Å². The van der Waals surface area contributed by atoms with Crippen molar-refractivity contribution in [3.63, 3.8) is 0 Å². The van der Waals surface area contributed by atoms with Crippen LogP contribution in [0.4, 0.5) is 0 Å². The third-order valence-corrected chi connectivity index (χ3v) is 5.49. The van der Waals surface area contributed by atoms with Gasteiger partial charge in [-0.05, 0) is 42.2 Å². The van der Waals surface area contributed by atoms with Crippen LogP contribution in [0.5, 0.6) is 11.5 Å². The van der Waals surface area contributed by atoms with Gasteiger partial charge in [-0.15, -0.1) is 0 Å². The van der Waals surface area contributed by atoms with Crippen LogP contribution >= 0.6 is 0 Å². The first-order valence-corrected chi connectivity index (χ1v) is 8.66. The van der Waals surface area contributed by atoms with E-state index in [-0.39, 0.29) is 18.3 Å². The van der Waals surface area contributed by atoms with E-state index in [1.54, 1.807) is 12.1 Å². The molecule has 0 atom stereocenters. The number of fused-ring (bicyclic) bond motifs is 3. The van der Waals surface area contributed by atoms with E-state index in [9.17, 15) is 4.79 Å². The molecule has 5 heteroatoms. The summed E-state index contributed by atoms with van der Waals surface area (Å²) in [6, 6.07) is 13.8. The van der Waals surface area contributed by atoms with Crippen molar-refractivity contribution < 1.29 is 19.0 Å². The molecule has 128 valence electrons. The first kappa shape index (κ1) is 14.8. The van der Waals surface area contributed by atoms with Crippen LogP contribution < -0.4 is 9.47 Å². The summed E-state index contributed by atoms with van der Waals surface area (Å²) in [6.07, 6.45) is 1.67. The fourth-order valence-corrected chi connectivity index (χ4v) is 4.08. The molecule has 3 heterocycles. The Hall–Kier alpha value is -2.53. The van der Waals surface area contributed by atoms with Crippen LogP contribution in [0.1, 0.15) is 34.3 Å². The molecule has 0 aromatic heterocycles. The largest absolute Gasteiger partial charge is 0.454 e. The summed E-state index contributed by atoms with van der Waals surface area (Å²) >= 11 is 0. The number of likely N-dealkylation sites (tertiary alicyclic amines) is 1. The molecule has 0 N–H and O–H groups in total. The van der Waals surface area contributed by atoms with Crippen molar-refractivity contribution in [2.24, 2.45) is 0 Å². The smallest absolute Gasteiger partial charge is 0.253 e. The summed E-state index contributed by atoms with van der Waals surface area (Å²) in [5.74, 6) is 1.39. The van der Waals surface area contributed by atoms with Crippen molar-refractivity contribution in [2.75, 3.05) is 19.9 Å². The van der Waals surface area contributed by atoms with Crippen LogP contribution in [0.3, 0.4) is 0 Å². The van der Waals surface area contributed by atoms with Gasteiger partial charge in [-0.1, -0.05) is 24.3 Å². The monoisotopic (exact) mass is 337 g/mol. The Bertz CT molecular complexity index is 839. The van der Waals surface area contributed by atoms with Gasteiger partial charge in [0.15, 0.2) is 11.5 Å². The van der Waals surface area contributed by atoms with E-state index >= 15 is 0 Å². The van der Waals surface area contributed by atoms with Crippen molar-refractivity contribution in [3.05, 3.63) is 59.2 Å². The first-order valence-electron chi connectivity index (χ1n) is 8.66. The molecule has 0 unspecified atom stereocenters. The molecule has 2 aromatic rings. The molecule has 3 aliphatic rings. The van der Waals surface area contributed by atoms with Crippen LogP contribution in [0.2, 0.25) is 0 Å². The molecular formula is C20H19NO4. The average Bonchev–Trinajstić information content (AvgIpc) is 3.27. The van der Waals surface area contributed by atoms with Crippen molar-refractivity contribution in [1.29, 1.82) is 0 Å². The van der Waals surface area contributed by atoms with Gasteiger partial charge in [0.25, 0.3) is 5.91 Å². The van der Waals surface area contributed by atoms with Gasteiger partial charge in [0.1, 0.15) is 0 Å². The summed E-state index contributed by atoms with van der Waals surface area (Å²) in [5, 5.41) is 0. The number of carbonyl (C=O) groups excluding carboxylic acids is 1. The molecule has 2 aromatic carbocycles. The second-order valence-electron chi connectivity index (χ2n) is 6.80. The minimum atomic E-state index is -0.220. The Balaban J connectivity index is 1.33. The van der Waals surface area contributed by atoms with Crippen LogP contribution in [0.15, 0.2) is 42.5 Å². The molecule has 3 aliphatic heterocycles. The van der Waals surface area contributed by atoms with E-state index in [0.717, 1.165) is 12.8 Å². The molecule has 0 bridgehead atoms. The highest BCUT2D eigenvalue weighted by Crippen LogP contribution is 2.44. The highest BCUT2D eigenvalue weighted by atomic mass is 16.7. The topological polar surface area (TPSA) is 48.0 Å². The molecule has 0 saturated carbocycles. The van der Waals surface area contributed by atoms with Crippen molar-refractivity contribution in [1.82, 2.24) is 4.90 Å². The molecule has 1 saturated heterocycles. The van der Waals surface area contributed by atoms with Crippen LogP contribution in [-0.4, -0.2) is 30.7 Å². The Morgan fingerprint density at radius 2 is 1.80 bits per heavy atom. The molecule has 1 spiro atoms. The van der Waals surface area contributed by atoms with E-state index in [0.29, 0.717) is 36.8 Å². The second kappa shape index (κ2) is 5.49. The van der Waals surface area contributed by atoms with Gasteiger partial charge in [-0.25, -0.2) is 0 Å². The Labute approximate surface area is 146 Å². The van der Waals surface area contributed by atoms with Crippen molar-refractivity contribution >= 4 is 5.91 Å². The van der Waals surface area contributed by atoms with Gasteiger partial charge in [-0.3, -0.25) is 4.79 Å². The van der Waals surface area contributed by atoms with E-state index in [1.165, 1.54) is 11.1 Å². The van der Waals surface area contributed by atoms with Gasteiger partial charge in [0.05, 0.1) is 12.2 Å². The fourth-order valence-electron chi connectivity index (χ4n) is 4.08. The van der Waals surface area contributed by atoms with Gasteiger partial charge in [0.2, 0.25) is 6.79 Å². The number of ether oxygens (including phenoxy) is 3. The summed E-state index contributed by atoms with van der Waals surface area (Å²) in [4.78, 5) is 14.7. The number of nitrogens with zero attached hydrogens (tertiary/aromatic N) is 1. The van der Waals surface area contributed by atoms with Crippen LogP contribution in [0, 0.1) is 0 Å². The third kappa shape index (κ3) is 2.30. The maximum Gasteiger partial charge on any atom is 0.253 e. The van der Waals surface area contributed by atoms with Gasteiger partial charge in [0, 0.05) is 18.7 Å². The summed E-state index contributed by atoms with van der Waals surface area (Å²) in [5.41, 5.74) is 3.00. The van der Waals surface area contributed by atoms with E-state index in [1.807, 2.05) is 11.0 Å². The summed E-state index contributed by atoms with van der Waals surface area (Å²) in [7, 11) is 0. The molecule has 5 rings (SSSR count). The number of rotatable bonds is 1. The van der Waals surface area contributed by atoms with E-state index in [2.05, 4.69) is 24.3 Å². The maximum absolute atomic E-state index is 12.8. The molecular weight excluding hydrogens is 318 g/mol. The second-order valence-corrected chi connectivity index (χ2v) is 6.80. The predicted octanol–water partition coefficient (Wildman–Crippen LogP) is 3.08. The third-order valence-electron chi connectivity index (χ3n) is 5.49. The highest BCUT2D eigenvalue weighted by molar-refractivity contribution is 5.95. The number of piperidine rings is 1. The van der Waals surface area contributed by atoms with Crippen molar-refractivity contribution in [2.45, 2.75) is 25.0 Å². The quantitative estimate of drug-likeness (QED) is 0.802. The lowest BCUT2D eigenvalue weighted by atomic mass is 9.83. The number of hydrogen-bond donors (Lipinski definition) is 0. The standard InChI is InChI=1S/C20H19NO4/c22-19(14-5-6-17-18(11-14)24-13-23-17)21-9-7-20(8-10-21)16-4-2-1-3-15(16)12-25-20/h1-6,11H,7-10,12-13H2. The Morgan fingerprint density at radius 1 is 1.00 bits per heavy atom. The zero-order valence-corrected chi connectivity index (χ0v) is 13.9. The Morgan fingerprint density at radius 3 is 2.68 bits per heavy atom. The van der Waals surface area contributed by atoms with Gasteiger partial charge in [-0.2, -0.15) is 0 Å². The zero-order valence-electron chi connectivity index (χ0n) is 13.9. The maximum atomic E-state index is 12.8. The SMILES string of the molecule is O=C(c1ccc2c(c1)OCO2)N1CCC2(CC1)OCc1ccccc12. The van der Waals surface area contributed by atoms with E-state index in [4.69, 9.17) is 14.2 Å². The van der Waals surface area contributed by atoms with E-state index < -0.39 is 0 Å². The summed E-state index contributed by atoms with van der Waals surface area (Å²) in [6.45, 7) is 2.28. The Kier molecular flexibility index (Phi) is 3.25. The molecule has 1 amide bonds. The minimum absolute atomic E-state index is 0.0411. The number of hydrogen-bond acceptors (Lipinski definition) is 4. The highest BCUT2D eigenvalue weighted by Gasteiger charge is 2.43. The fraction of sp³-hybridized carbons (Fsp3) is 0.350. The molecule has 0 aliphatic carbocycles. The summed E-state index contributed by atoms with van der Waals surface area (Å²) < 4.78 is 16.9. The molecule has 1 fully saturated rings. The number of carbonyl (C=O) groups is 1. The van der Waals surface area contributed by atoms with Crippen LogP contribution in [-0.2, 0) is 16.9 Å². The first-order chi connectivity index (χ1) is 12.3. The van der Waals surface area contributed by atoms with Crippen molar-refractivity contribution in [3.8, 4) is 11.5 Å².